The third-order valence-electron chi connectivity index (χ3n) is 5.11. The number of aromatic nitrogens is 2. The van der Waals surface area contributed by atoms with Crippen LogP contribution in [0.1, 0.15) is 46.1 Å². The van der Waals surface area contributed by atoms with Gasteiger partial charge in [-0.25, -0.2) is 14.8 Å². The van der Waals surface area contributed by atoms with Crippen molar-refractivity contribution in [3.05, 3.63) is 45.8 Å². The molecule has 0 radical (unpaired) electrons. The fourth-order valence-electron chi connectivity index (χ4n) is 3.58. The van der Waals surface area contributed by atoms with Gasteiger partial charge >= 0.3 is 5.97 Å². The van der Waals surface area contributed by atoms with Crippen LogP contribution in [-0.4, -0.2) is 34.2 Å². The molecule has 2 heterocycles. The Morgan fingerprint density at radius 3 is 2.74 bits per heavy atom. The molecule has 1 aliphatic rings. The van der Waals surface area contributed by atoms with Crippen molar-refractivity contribution >= 4 is 51.0 Å². The monoisotopic (exact) mass is 456 g/mol. The van der Waals surface area contributed by atoms with Gasteiger partial charge in [0, 0.05) is 11.4 Å². The second-order valence-electron chi connectivity index (χ2n) is 7.27. The van der Waals surface area contributed by atoms with Crippen LogP contribution < -0.4 is 11.1 Å². The van der Waals surface area contributed by atoms with E-state index in [2.05, 4.69) is 15.3 Å². The lowest BCUT2D eigenvalue weighted by Gasteiger charge is -2.10. The molecule has 3 aromatic rings. The molecule has 0 saturated heterocycles. The molecule has 9 heteroatoms. The van der Waals surface area contributed by atoms with Gasteiger partial charge in [-0.1, -0.05) is 23.9 Å². The summed E-state index contributed by atoms with van der Waals surface area (Å²) in [6.45, 7) is 2.48. The molecule has 3 N–H and O–H groups in total. The second-order valence-corrected chi connectivity index (χ2v) is 9.29. The third-order valence-corrected chi connectivity index (χ3v) is 7.14. The lowest BCUT2D eigenvalue weighted by Crippen LogP contribution is -2.24. The maximum absolute atomic E-state index is 12.3. The van der Waals surface area contributed by atoms with Crippen LogP contribution in [0.3, 0.4) is 0 Å². The zero-order valence-electron chi connectivity index (χ0n) is 17.3. The maximum atomic E-state index is 12.3. The number of ether oxygens (including phenoxy) is 1. The number of rotatable bonds is 7. The largest absolute Gasteiger partial charge is 0.462 e. The number of aryl methyl sites for hydroxylation is 2. The van der Waals surface area contributed by atoms with Gasteiger partial charge in [0.1, 0.15) is 10.6 Å². The number of anilines is 1. The molecule has 1 aromatic carbocycles. The van der Waals surface area contributed by atoms with E-state index in [9.17, 15) is 9.59 Å². The Morgan fingerprint density at radius 1 is 1.19 bits per heavy atom. The van der Waals surface area contributed by atoms with E-state index in [1.807, 2.05) is 0 Å². The number of nitrogens with two attached hydrogens (primary N) is 1. The first-order chi connectivity index (χ1) is 15.0. The Hall–Kier alpha value is -2.65. The van der Waals surface area contributed by atoms with Crippen molar-refractivity contribution in [2.24, 2.45) is 0 Å². The van der Waals surface area contributed by atoms with Gasteiger partial charge < -0.3 is 15.8 Å². The van der Waals surface area contributed by atoms with Crippen molar-refractivity contribution < 1.29 is 14.3 Å². The maximum Gasteiger partial charge on any atom is 0.338 e. The van der Waals surface area contributed by atoms with Gasteiger partial charge in [-0.2, -0.15) is 0 Å². The van der Waals surface area contributed by atoms with Crippen molar-refractivity contribution in [3.8, 4) is 0 Å². The average molecular weight is 457 g/mol. The molecular weight excluding hydrogens is 432 g/mol. The van der Waals surface area contributed by atoms with E-state index in [1.54, 1.807) is 42.5 Å². The quantitative estimate of drug-likeness (QED) is 0.317. The number of esters is 1. The Labute approximate surface area is 188 Å². The Bertz CT molecular complexity index is 1110. The van der Waals surface area contributed by atoms with Crippen LogP contribution in [0.4, 0.5) is 5.82 Å². The van der Waals surface area contributed by atoms with Crippen molar-refractivity contribution in [2.45, 2.75) is 44.3 Å². The number of hydrogen-bond acceptors (Lipinski definition) is 8. The summed E-state index contributed by atoms with van der Waals surface area (Å²) in [4.78, 5) is 35.3. The van der Waals surface area contributed by atoms with Crippen molar-refractivity contribution in [3.63, 3.8) is 0 Å². The highest BCUT2D eigenvalue weighted by Crippen LogP contribution is 2.38. The number of hydrogen-bond donors (Lipinski definition) is 2. The van der Waals surface area contributed by atoms with Gasteiger partial charge in [-0.15, -0.1) is 11.3 Å². The molecule has 0 aliphatic heterocycles. The van der Waals surface area contributed by atoms with Crippen LogP contribution in [0.5, 0.6) is 0 Å². The molecule has 7 nitrogen and oxygen atoms in total. The zero-order valence-corrected chi connectivity index (χ0v) is 18.9. The van der Waals surface area contributed by atoms with Crippen LogP contribution in [0, 0.1) is 0 Å². The molecule has 0 unspecified atom stereocenters. The third kappa shape index (κ3) is 4.99. The van der Waals surface area contributed by atoms with Crippen LogP contribution in [0.2, 0.25) is 0 Å². The number of thiophene rings is 1. The minimum atomic E-state index is -0.350. The Morgan fingerprint density at radius 2 is 1.97 bits per heavy atom. The number of carbonyl (C=O) groups is 2. The first-order valence-corrected chi connectivity index (χ1v) is 12.1. The fraction of sp³-hybridized carbons (Fsp3) is 0.364. The molecule has 1 amide bonds. The van der Waals surface area contributed by atoms with E-state index >= 15 is 0 Å². The lowest BCUT2D eigenvalue weighted by atomic mass is 9.97. The van der Waals surface area contributed by atoms with Crippen molar-refractivity contribution in [2.75, 3.05) is 18.1 Å². The summed E-state index contributed by atoms with van der Waals surface area (Å²) in [7, 11) is 0. The number of amides is 1. The minimum absolute atomic E-state index is 0.118. The molecule has 0 spiro atoms. The highest BCUT2D eigenvalue weighted by molar-refractivity contribution is 7.99. The van der Waals surface area contributed by atoms with Crippen LogP contribution in [0.15, 0.2) is 29.4 Å². The number of thioether (sulfide) groups is 1. The van der Waals surface area contributed by atoms with Gasteiger partial charge in [0.15, 0.2) is 5.16 Å². The number of carbonyl (C=O) groups excluding carboxylic acids is 2. The number of fused-ring (bicyclic) bond motifs is 3. The molecule has 0 atom stereocenters. The molecule has 1 aliphatic carbocycles. The number of nitrogens with one attached hydrogen (secondary N) is 1. The molecule has 0 saturated carbocycles. The Kier molecular flexibility index (Phi) is 6.72. The highest BCUT2D eigenvalue weighted by Gasteiger charge is 2.20. The van der Waals surface area contributed by atoms with Crippen LogP contribution >= 0.6 is 23.1 Å². The number of nitrogen functional groups attached to an aromatic ring is 1. The Balaban J connectivity index is 1.32. The molecular formula is C22H24N4O3S2. The molecule has 2 aromatic heterocycles. The minimum Gasteiger partial charge on any atom is -0.462 e. The summed E-state index contributed by atoms with van der Waals surface area (Å²) in [5.74, 6) is 0.246. The van der Waals surface area contributed by atoms with E-state index < -0.39 is 0 Å². The fourth-order valence-corrected chi connectivity index (χ4v) is 5.59. The van der Waals surface area contributed by atoms with E-state index in [-0.39, 0.29) is 17.6 Å². The summed E-state index contributed by atoms with van der Waals surface area (Å²) in [5, 5.41) is 4.40. The number of benzene rings is 1. The predicted octanol–water partition coefficient (Wildman–Crippen LogP) is 3.74. The topological polar surface area (TPSA) is 107 Å². The van der Waals surface area contributed by atoms with E-state index in [1.165, 1.54) is 35.0 Å². The van der Waals surface area contributed by atoms with Crippen LogP contribution in [-0.2, 0) is 28.9 Å². The van der Waals surface area contributed by atoms with Crippen LogP contribution in [0.25, 0.3) is 10.2 Å². The van der Waals surface area contributed by atoms with Gasteiger partial charge in [0.25, 0.3) is 0 Å². The van der Waals surface area contributed by atoms with E-state index in [4.69, 9.17) is 10.5 Å². The highest BCUT2D eigenvalue weighted by atomic mass is 32.2. The molecule has 0 bridgehead atoms. The molecule has 162 valence electrons. The summed E-state index contributed by atoms with van der Waals surface area (Å²) in [5.41, 5.74) is 8.93. The first kappa shape index (κ1) is 21.6. The molecule has 4 rings (SSSR count). The van der Waals surface area contributed by atoms with Gasteiger partial charge in [-0.05, 0) is 55.9 Å². The first-order valence-electron chi connectivity index (χ1n) is 10.3. The summed E-state index contributed by atoms with van der Waals surface area (Å²) in [6, 6.07) is 6.99. The van der Waals surface area contributed by atoms with Gasteiger partial charge in [-0.3, -0.25) is 4.79 Å². The standard InChI is InChI=1S/C22H24N4O3S2/c1-2-29-21(28)14-9-7-13(8-10-14)11-24-17(27)12-30-22-25-19(23)18-15-5-3-4-6-16(15)31-20(18)26-22/h7-10H,2-6,11-12H2,1H3,(H,24,27)(H2,23,25,26). The van der Waals surface area contributed by atoms with Gasteiger partial charge in [0.2, 0.25) is 5.91 Å². The summed E-state index contributed by atoms with van der Waals surface area (Å²) >= 11 is 2.98. The molecule has 0 fully saturated rings. The smallest absolute Gasteiger partial charge is 0.338 e. The summed E-state index contributed by atoms with van der Waals surface area (Å²) < 4.78 is 4.97. The van der Waals surface area contributed by atoms with E-state index in [0.29, 0.717) is 29.7 Å². The molecule has 31 heavy (non-hydrogen) atoms. The SMILES string of the molecule is CCOC(=O)c1ccc(CNC(=O)CSc2nc(N)c3c4c(sc3n2)CCCC4)cc1. The second kappa shape index (κ2) is 9.65. The predicted molar refractivity (Wildman–Crippen MR) is 123 cm³/mol. The number of nitrogens with zero attached hydrogens (tertiary/aromatic N) is 2. The zero-order chi connectivity index (χ0) is 21.8. The van der Waals surface area contributed by atoms with E-state index in [0.717, 1.165) is 28.6 Å². The van der Waals surface area contributed by atoms with Crippen molar-refractivity contribution in [1.82, 2.24) is 15.3 Å². The van der Waals surface area contributed by atoms with Gasteiger partial charge in [0.05, 0.1) is 23.3 Å². The average Bonchev–Trinajstić information content (AvgIpc) is 3.15. The van der Waals surface area contributed by atoms with Crippen molar-refractivity contribution in [1.29, 1.82) is 0 Å². The normalized spacial score (nSPS) is 13.1. The lowest BCUT2D eigenvalue weighted by molar-refractivity contribution is -0.118. The summed E-state index contributed by atoms with van der Waals surface area (Å²) in [6.07, 6.45) is 4.51.